The lowest BCUT2D eigenvalue weighted by Gasteiger charge is -2.38. The molecule has 0 unspecified atom stereocenters. The average Bonchev–Trinajstić information content (AvgIpc) is 2.24. The maximum absolute atomic E-state index is 10.1. The molecule has 2 bridgehead atoms. The summed E-state index contributed by atoms with van der Waals surface area (Å²) in [7, 11) is 2.13. The van der Waals surface area contributed by atoms with Gasteiger partial charge in [-0.05, 0) is 5.56 Å². The SMILES string of the molecule is CC1=[N+](C)[C@H]2C[C@H](O)[C@H]1c1ccccc12. The second kappa shape index (κ2) is 2.92. The third-order valence-corrected chi connectivity index (χ3v) is 4.01. The summed E-state index contributed by atoms with van der Waals surface area (Å²) in [5, 5.41) is 10.1. The Morgan fingerprint density at radius 2 is 1.93 bits per heavy atom. The standard InChI is InChI=1S/C13H16NO/c1-8-13-10-6-4-3-5-9(10)11(14(8)2)7-12(13)15/h3-6,11-13,15H,7H2,1-2H3/q+1/t11-,12-,13+/m0/s1. The lowest BCUT2D eigenvalue weighted by molar-refractivity contribution is -0.558. The number of fused-ring (bicyclic) bond motifs is 1. The molecule has 2 aliphatic heterocycles. The molecule has 1 aliphatic carbocycles. The van der Waals surface area contributed by atoms with Gasteiger partial charge in [0.05, 0.1) is 12.0 Å². The third-order valence-electron chi connectivity index (χ3n) is 4.01. The fourth-order valence-electron chi connectivity index (χ4n) is 3.13. The van der Waals surface area contributed by atoms with Gasteiger partial charge in [0.15, 0.2) is 11.8 Å². The highest BCUT2D eigenvalue weighted by Crippen LogP contribution is 2.44. The topological polar surface area (TPSA) is 23.2 Å². The summed E-state index contributed by atoms with van der Waals surface area (Å²) in [6.45, 7) is 2.13. The second-order valence-corrected chi connectivity index (χ2v) is 4.68. The molecule has 0 fully saturated rings. The van der Waals surface area contributed by atoms with Crippen LogP contribution in [0.15, 0.2) is 24.3 Å². The molecule has 2 heteroatoms. The minimum Gasteiger partial charge on any atom is -0.392 e. The van der Waals surface area contributed by atoms with Crippen LogP contribution in [0.4, 0.5) is 0 Å². The second-order valence-electron chi connectivity index (χ2n) is 4.68. The van der Waals surface area contributed by atoms with Crippen LogP contribution in [0.3, 0.4) is 0 Å². The summed E-state index contributed by atoms with van der Waals surface area (Å²) in [6.07, 6.45) is 0.677. The zero-order valence-electron chi connectivity index (χ0n) is 9.14. The molecule has 0 aromatic heterocycles. The van der Waals surface area contributed by atoms with E-state index in [1.165, 1.54) is 16.8 Å². The van der Waals surface area contributed by atoms with E-state index in [2.05, 4.69) is 42.8 Å². The third kappa shape index (κ3) is 1.06. The van der Waals surface area contributed by atoms with Crippen molar-refractivity contribution >= 4 is 5.71 Å². The Balaban J connectivity index is 2.26. The van der Waals surface area contributed by atoms with E-state index in [0.29, 0.717) is 6.04 Å². The largest absolute Gasteiger partial charge is 0.392 e. The first kappa shape index (κ1) is 9.10. The van der Waals surface area contributed by atoms with Crippen molar-refractivity contribution in [1.29, 1.82) is 0 Å². The highest BCUT2D eigenvalue weighted by molar-refractivity contribution is 5.87. The number of aliphatic hydroxyl groups excluding tert-OH is 1. The molecule has 15 heavy (non-hydrogen) atoms. The van der Waals surface area contributed by atoms with Crippen LogP contribution in [0.5, 0.6) is 0 Å². The first-order chi connectivity index (χ1) is 7.20. The molecule has 4 rings (SSSR count). The first-order valence-corrected chi connectivity index (χ1v) is 5.53. The molecule has 0 amide bonds. The monoisotopic (exact) mass is 202 g/mol. The van der Waals surface area contributed by atoms with Gasteiger partial charge in [-0.1, -0.05) is 24.3 Å². The summed E-state index contributed by atoms with van der Waals surface area (Å²) in [4.78, 5) is 0. The first-order valence-electron chi connectivity index (χ1n) is 5.53. The maximum Gasteiger partial charge on any atom is 0.180 e. The van der Waals surface area contributed by atoms with E-state index >= 15 is 0 Å². The number of hydrogen-bond donors (Lipinski definition) is 1. The highest BCUT2D eigenvalue weighted by atomic mass is 16.3. The molecule has 1 N–H and O–H groups in total. The Labute approximate surface area is 89.9 Å². The van der Waals surface area contributed by atoms with Gasteiger partial charge in [-0.15, -0.1) is 0 Å². The lowest BCUT2D eigenvalue weighted by atomic mass is 9.72. The van der Waals surface area contributed by atoms with Crippen LogP contribution in [0.25, 0.3) is 0 Å². The van der Waals surface area contributed by atoms with Gasteiger partial charge in [0.2, 0.25) is 0 Å². The van der Waals surface area contributed by atoms with Gasteiger partial charge in [0.25, 0.3) is 0 Å². The maximum atomic E-state index is 10.1. The van der Waals surface area contributed by atoms with Crippen molar-refractivity contribution in [3.8, 4) is 0 Å². The Morgan fingerprint density at radius 3 is 2.67 bits per heavy atom. The van der Waals surface area contributed by atoms with Crippen molar-refractivity contribution in [1.82, 2.24) is 0 Å². The van der Waals surface area contributed by atoms with Crippen molar-refractivity contribution in [2.24, 2.45) is 0 Å². The fourth-order valence-corrected chi connectivity index (χ4v) is 3.13. The summed E-state index contributed by atoms with van der Waals surface area (Å²) < 4.78 is 2.32. The van der Waals surface area contributed by atoms with Crippen LogP contribution < -0.4 is 0 Å². The smallest absolute Gasteiger partial charge is 0.180 e. The fraction of sp³-hybridized carbons (Fsp3) is 0.462. The van der Waals surface area contributed by atoms with Gasteiger partial charge in [0, 0.05) is 18.9 Å². The highest BCUT2D eigenvalue weighted by Gasteiger charge is 2.46. The van der Waals surface area contributed by atoms with Gasteiger partial charge in [0.1, 0.15) is 7.05 Å². The summed E-state index contributed by atoms with van der Waals surface area (Å²) >= 11 is 0. The molecule has 3 aliphatic rings. The average molecular weight is 202 g/mol. The summed E-state index contributed by atoms with van der Waals surface area (Å²) in [5.41, 5.74) is 4.04. The number of hydrogen-bond acceptors (Lipinski definition) is 1. The van der Waals surface area contributed by atoms with E-state index < -0.39 is 0 Å². The van der Waals surface area contributed by atoms with Crippen LogP contribution in [0, 0.1) is 0 Å². The van der Waals surface area contributed by atoms with Gasteiger partial charge in [-0.3, -0.25) is 0 Å². The minimum atomic E-state index is -0.193. The zero-order valence-corrected chi connectivity index (χ0v) is 9.14. The summed E-state index contributed by atoms with van der Waals surface area (Å²) in [5.74, 6) is 0.219. The predicted octanol–water partition coefficient (Wildman–Crippen LogP) is 1.69. The van der Waals surface area contributed by atoms with E-state index in [4.69, 9.17) is 0 Å². The van der Waals surface area contributed by atoms with Crippen LogP contribution in [0.2, 0.25) is 0 Å². The van der Waals surface area contributed by atoms with Gasteiger partial charge < -0.3 is 5.11 Å². The Kier molecular flexibility index (Phi) is 1.77. The lowest BCUT2D eigenvalue weighted by Crippen LogP contribution is -2.44. The van der Waals surface area contributed by atoms with Crippen molar-refractivity contribution in [2.45, 2.75) is 31.4 Å². The molecule has 0 spiro atoms. The molecule has 2 heterocycles. The predicted molar refractivity (Wildman–Crippen MR) is 59.4 cm³/mol. The normalized spacial score (nSPS) is 33.1. The van der Waals surface area contributed by atoms with E-state index in [1.807, 2.05) is 0 Å². The van der Waals surface area contributed by atoms with E-state index in [9.17, 15) is 5.11 Å². The number of nitrogens with zero attached hydrogens (tertiary/aromatic N) is 1. The Bertz CT molecular complexity index is 450. The van der Waals surface area contributed by atoms with Crippen LogP contribution in [0.1, 0.15) is 36.4 Å². The number of aliphatic hydroxyl groups is 1. The molecule has 0 saturated carbocycles. The molecular weight excluding hydrogens is 186 g/mol. The minimum absolute atomic E-state index is 0.193. The van der Waals surface area contributed by atoms with E-state index in [-0.39, 0.29) is 12.0 Å². The Hall–Kier alpha value is -1.15. The Morgan fingerprint density at radius 1 is 1.27 bits per heavy atom. The molecule has 78 valence electrons. The zero-order chi connectivity index (χ0) is 10.6. The van der Waals surface area contributed by atoms with Gasteiger partial charge in [-0.2, -0.15) is 0 Å². The molecular formula is C13H16NO+. The number of benzene rings is 1. The van der Waals surface area contributed by atoms with Crippen molar-refractivity contribution in [3.63, 3.8) is 0 Å². The van der Waals surface area contributed by atoms with Gasteiger partial charge >= 0.3 is 0 Å². The molecule has 0 radical (unpaired) electrons. The quantitative estimate of drug-likeness (QED) is 0.636. The summed E-state index contributed by atoms with van der Waals surface area (Å²) in [6, 6.07) is 8.89. The van der Waals surface area contributed by atoms with Gasteiger partial charge in [-0.25, -0.2) is 4.58 Å². The van der Waals surface area contributed by atoms with Crippen LogP contribution in [-0.4, -0.2) is 28.5 Å². The van der Waals surface area contributed by atoms with Crippen LogP contribution >= 0.6 is 0 Å². The van der Waals surface area contributed by atoms with Crippen molar-refractivity contribution in [2.75, 3.05) is 7.05 Å². The molecule has 2 nitrogen and oxygen atoms in total. The van der Waals surface area contributed by atoms with Crippen LogP contribution in [-0.2, 0) is 0 Å². The van der Waals surface area contributed by atoms with Crippen molar-refractivity contribution in [3.05, 3.63) is 35.4 Å². The van der Waals surface area contributed by atoms with E-state index in [0.717, 1.165) is 6.42 Å². The van der Waals surface area contributed by atoms with Crippen molar-refractivity contribution < 1.29 is 9.68 Å². The number of rotatable bonds is 0. The molecule has 1 aromatic rings. The molecule has 3 atom stereocenters. The molecule has 0 saturated heterocycles. The van der Waals surface area contributed by atoms with E-state index in [1.54, 1.807) is 0 Å². The molecule has 1 aromatic carbocycles.